The summed E-state index contributed by atoms with van der Waals surface area (Å²) in [6.45, 7) is 1.46. The third-order valence-corrected chi connectivity index (χ3v) is 3.76. The number of nitrogens with zero attached hydrogens (tertiary/aromatic N) is 1. The van der Waals surface area contributed by atoms with E-state index in [1.165, 1.54) is 13.0 Å². The quantitative estimate of drug-likeness (QED) is 0.798. The van der Waals surface area contributed by atoms with Crippen LogP contribution in [0.15, 0.2) is 10.9 Å². The highest BCUT2D eigenvalue weighted by Crippen LogP contribution is 2.15. The van der Waals surface area contributed by atoms with Gasteiger partial charge in [0.2, 0.25) is 0 Å². The number of H-pyrrole nitrogens is 1. The Morgan fingerprint density at radius 2 is 2.20 bits per heavy atom. The van der Waals surface area contributed by atoms with Crippen LogP contribution < -0.4 is 5.56 Å². The molecule has 0 aliphatic heterocycles. The van der Waals surface area contributed by atoms with Crippen molar-refractivity contribution in [3.63, 3.8) is 0 Å². The Bertz CT molecular complexity index is 509. The lowest BCUT2D eigenvalue weighted by Gasteiger charge is -2.08. The molecule has 1 N–H and O–H groups in total. The monoisotopic (exact) mass is 250 g/mol. The van der Waals surface area contributed by atoms with Gasteiger partial charge in [-0.25, -0.2) is 13.4 Å². The van der Waals surface area contributed by atoms with Gasteiger partial charge in [0.05, 0.1) is 11.6 Å². The number of aromatic amines is 1. The van der Waals surface area contributed by atoms with Crippen molar-refractivity contribution in [2.45, 2.75) is 18.1 Å². The molecule has 7 heteroatoms. The van der Waals surface area contributed by atoms with Crippen LogP contribution in [0, 0.1) is 0 Å². The first kappa shape index (κ1) is 12.2. The van der Waals surface area contributed by atoms with E-state index in [4.69, 9.17) is 11.6 Å². The van der Waals surface area contributed by atoms with E-state index in [0.717, 1.165) is 6.26 Å². The van der Waals surface area contributed by atoms with Crippen LogP contribution in [0.5, 0.6) is 0 Å². The Balaban J connectivity index is 3.27. The fourth-order valence-electron chi connectivity index (χ4n) is 0.992. The van der Waals surface area contributed by atoms with Gasteiger partial charge in [0.15, 0.2) is 9.84 Å². The number of nitrogens with one attached hydrogen (secondary N) is 1. The lowest BCUT2D eigenvalue weighted by atomic mass is 10.4. The average molecular weight is 251 g/mol. The second kappa shape index (κ2) is 4.32. The molecule has 0 bridgehead atoms. The zero-order chi connectivity index (χ0) is 11.6. The molecule has 0 radical (unpaired) electrons. The number of hydrogen-bond acceptors (Lipinski definition) is 4. The van der Waals surface area contributed by atoms with E-state index < -0.39 is 20.6 Å². The number of rotatable bonds is 3. The third-order valence-electron chi connectivity index (χ3n) is 1.98. The topological polar surface area (TPSA) is 79.9 Å². The lowest BCUT2D eigenvalue weighted by molar-refractivity contribution is 0.588. The predicted molar refractivity (Wildman–Crippen MR) is 57.7 cm³/mol. The van der Waals surface area contributed by atoms with Crippen LogP contribution in [-0.4, -0.2) is 24.6 Å². The van der Waals surface area contributed by atoms with Gasteiger partial charge < -0.3 is 4.98 Å². The van der Waals surface area contributed by atoms with Crippen molar-refractivity contribution in [2.75, 3.05) is 6.26 Å². The van der Waals surface area contributed by atoms with Gasteiger partial charge in [-0.2, -0.15) is 0 Å². The van der Waals surface area contributed by atoms with Crippen LogP contribution in [0.4, 0.5) is 0 Å². The highest BCUT2D eigenvalue weighted by Gasteiger charge is 2.20. The molecular weight excluding hydrogens is 240 g/mol. The minimum Gasteiger partial charge on any atom is -0.309 e. The van der Waals surface area contributed by atoms with Gasteiger partial charge in [0.1, 0.15) is 11.1 Å². The Labute approximate surface area is 92.4 Å². The van der Waals surface area contributed by atoms with E-state index in [1.807, 2.05) is 0 Å². The van der Waals surface area contributed by atoms with Gasteiger partial charge in [0.25, 0.3) is 5.56 Å². The van der Waals surface area contributed by atoms with E-state index >= 15 is 0 Å². The van der Waals surface area contributed by atoms with E-state index in [0.29, 0.717) is 5.69 Å². The van der Waals surface area contributed by atoms with E-state index in [2.05, 4.69) is 9.97 Å². The maximum Gasteiger partial charge on any atom is 0.251 e. The van der Waals surface area contributed by atoms with Crippen molar-refractivity contribution in [3.05, 3.63) is 27.9 Å². The van der Waals surface area contributed by atoms with Crippen LogP contribution >= 0.6 is 11.6 Å². The Kier molecular flexibility index (Phi) is 3.51. The Hall–Kier alpha value is -0.880. The number of alkyl halides is 1. The molecule has 15 heavy (non-hydrogen) atoms. The number of halogens is 1. The molecule has 5 nitrogen and oxygen atoms in total. The van der Waals surface area contributed by atoms with Gasteiger partial charge in [-0.15, -0.1) is 11.6 Å². The predicted octanol–water partition coefficient (Wildman–Crippen LogP) is 0.614. The van der Waals surface area contributed by atoms with Crippen molar-refractivity contribution in [2.24, 2.45) is 0 Å². The molecule has 1 aromatic heterocycles. The molecule has 0 saturated carbocycles. The van der Waals surface area contributed by atoms with Gasteiger partial charge in [0, 0.05) is 12.3 Å². The van der Waals surface area contributed by atoms with Crippen molar-refractivity contribution in [1.82, 2.24) is 9.97 Å². The van der Waals surface area contributed by atoms with Crippen molar-refractivity contribution < 1.29 is 8.42 Å². The summed E-state index contributed by atoms with van der Waals surface area (Å²) in [5.41, 5.74) is -0.0305. The van der Waals surface area contributed by atoms with Crippen LogP contribution in [-0.2, 0) is 15.7 Å². The van der Waals surface area contributed by atoms with Crippen LogP contribution in [0.1, 0.15) is 23.7 Å². The lowest BCUT2D eigenvalue weighted by Crippen LogP contribution is -2.18. The van der Waals surface area contributed by atoms with Crippen molar-refractivity contribution in [1.29, 1.82) is 0 Å². The number of hydrogen-bond donors (Lipinski definition) is 1. The zero-order valence-electron chi connectivity index (χ0n) is 8.32. The van der Waals surface area contributed by atoms with E-state index in [-0.39, 0.29) is 11.7 Å². The molecule has 0 aliphatic rings. The smallest absolute Gasteiger partial charge is 0.251 e. The summed E-state index contributed by atoms with van der Waals surface area (Å²) < 4.78 is 22.5. The first-order valence-electron chi connectivity index (χ1n) is 4.19. The standard InChI is InChI=1S/C8H11ClN2O3S/c1-5(15(2,13)14)8-10-6(4-9)3-7(12)11-8/h3,5H,4H2,1-2H3,(H,10,11,12). The van der Waals surface area contributed by atoms with Crippen molar-refractivity contribution >= 4 is 21.4 Å². The van der Waals surface area contributed by atoms with Gasteiger partial charge in [-0.3, -0.25) is 4.79 Å². The molecule has 1 unspecified atom stereocenters. The summed E-state index contributed by atoms with van der Waals surface area (Å²) in [4.78, 5) is 17.5. The van der Waals surface area contributed by atoms with E-state index in [1.54, 1.807) is 0 Å². The highest BCUT2D eigenvalue weighted by atomic mass is 35.5. The first-order chi connectivity index (χ1) is 6.84. The molecular formula is C8H11ClN2O3S. The molecule has 1 atom stereocenters. The summed E-state index contributed by atoms with van der Waals surface area (Å²) in [6.07, 6.45) is 1.09. The minimum atomic E-state index is -3.27. The molecule has 84 valence electrons. The third kappa shape index (κ3) is 3.04. The molecule has 0 spiro atoms. The summed E-state index contributed by atoms with van der Waals surface area (Å²) >= 11 is 5.53. The molecule has 1 rings (SSSR count). The first-order valence-corrected chi connectivity index (χ1v) is 6.68. The second-order valence-electron chi connectivity index (χ2n) is 3.23. The maximum atomic E-state index is 11.2. The number of aromatic nitrogens is 2. The summed E-state index contributed by atoms with van der Waals surface area (Å²) in [6, 6.07) is 1.24. The summed E-state index contributed by atoms with van der Waals surface area (Å²) in [5, 5.41) is -0.839. The average Bonchev–Trinajstić information content (AvgIpc) is 2.14. The van der Waals surface area contributed by atoms with Gasteiger partial charge in [-0.1, -0.05) is 0 Å². The largest absolute Gasteiger partial charge is 0.309 e. The molecule has 0 aliphatic carbocycles. The fourth-order valence-corrected chi connectivity index (χ4v) is 1.65. The summed E-state index contributed by atoms with van der Waals surface area (Å²) in [5.74, 6) is 0.202. The molecule has 0 saturated heterocycles. The highest BCUT2D eigenvalue weighted by molar-refractivity contribution is 7.90. The molecule has 0 fully saturated rings. The minimum absolute atomic E-state index is 0.0768. The van der Waals surface area contributed by atoms with Crippen LogP contribution in [0.2, 0.25) is 0 Å². The summed E-state index contributed by atoms with van der Waals surface area (Å²) in [7, 11) is -3.27. The van der Waals surface area contributed by atoms with Gasteiger partial charge >= 0.3 is 0 Å². The maximum absolute atomic E-state index is 11.2. The number of sulfone groups is 1. The van der Waals surface area contributed by atoms with Crippen molar-refractivity contribution in [3.8, 4) is 0 Å². The fraction of sp³-hybridized carbons (Fsp3) is 0.500. The van der Waals surface area contributed by atoms with E-state index in [9.17, 15) is 13.2 Å². The van der Waals surface area contributed by atoms with Gasteiger partial charge in [-0.05, 0) is 6.92 Å². The molecule has 1 aromatic rings. The molecule has 1 heterocycles. The SMILES string of the molecule is CC(c1nc(CCl)cc(=O)[nH]1)S(C)(=O)=O. The molecule has 0 amide bonds. The Morgan fingerprint density at radius 3 is 2.67 bits per heavy atom. The van der Waals surface area contributed by atoms with Crippen LogP contribution in [0.3, 0.4) is 0 Å². The Morgan fingerprint density at radius 1 is 1.60 bits per heavy atom. The molecule has 0 aromatic carbocycles. The van der Waals surface area contributed by atoms with Crippen LogP contribution in [0.25, 0.3) is 0 Å². The normalized spacial score (nSPS) is 13.8. The second-order valence-corrected chi connectivity index (χ2v) is 5.86. The zero-order valence-corrected chi connectivity index (χ0v) is 9.89.